The second-order valence-electron chi connectivity index (χ2n) is 6.31. The average molecular weight is 321 g/mol. The van der Waals surface area contributed by atoms with Gasteiger partial charge in [-0.25, -0.2) is 0 Å². The monoisotopic (exact) mass is 321 g/mol. The highest BCUT2D eigenvalue weighted by molar-refractivity contribution is 5.94. The summed E-state index contributed by atoms with van der Waals surface area (Å²) in [6.45, 7) is 4.58. The van der Waals surface area contributed by atoms with Crippen LogP contribution in [0.25, 0.3) is 10.9 Å². The van der Waals surface area contributed by atoms with Gasteiger partial charge in [-0.05, 0) is 18.2 Å². The molecular weight excluding hydrogens is 300 g/mol. The Hall–Kier alpha value is -2.66. The molecule has 1 fully saturated rings. The number of hydrogen-bond acceptors (Lipinski definition) is 2. The van der Waals surface area contributed by atoms with Crippen LogP contribution in [-0.2, 0) is 6.54 Å². The largest absolute Gasteiger partial charge is 0.361 e. The number of H-pyrrole nitrogens is 1. The zero-order chi connectivity index (χ0) is 16.4. The van der Waals surface area contributed by atoms with Gasteiger partial charge in [0.25, 0.3) is 5.91 Å². The molecule has 24 heavy (non-hydrogen) atoms. The summed E-state index contributed by atoms with van der Waals surface area (Å²) in [6, 6.07) is 12.0. The molecule has 0 saturated carbocycles. The predicted octanol–water partition coefficient (Wildman–Crippen LogP) is 1.10. The molecule has 0 atom stereocenters. The van der Waals surface area contributed by atoms with E-state index < -0.39 is 0 Å². The fourth-order valence-corrected chi connectivity index (χ4v) is 3.43. The van der Waals surface area contributed by atoms with Crippen molar-refractivity contribution in [2.24, 2.45) is 0 Å². The Labute approximate surface area is 140 Å². The summed E-state index contributed by atoms with van der Waals surface area (Å²) in [5, 5.41) is 1.31. The Kier molecular flexibility index (Phi) is 4.01. The SMILES string of the molecule is O=C(c1ccncc1)N1CC[NH+](Cc2c[nH]c3ccccc23)CC1. The fraction of sp³-hybridized carbons (Fsp3) is 0.263. The van der Waals surface area contributed by atoms with Crippen LogP contribution >= 0.6 is 0 Å². The minimum Gasteiger partial charge on any atom is -0.361 e. The van der Waals surface area contributed by atoms with E-state index in [9.17, 15) is 4.79 Å². The van der Waals surface area contributed by atoms with Gasteiger partial charge in [0.15, 0.2) is 0 Å². The van der Waals surface area contributed by atoms with Gasteiger partial charge in [-0.1, -0.05) is 18.2 Å². The molecule has 1 aromatic carbocycles. The van der Waals surface area contributed by atoms with Crippen LogP contribution in [0.4, 0.5) is 0 Å². The predicted molar refractivity (Wildman–Crippen MR) is 92.8 cm³/mol. The van der Waals surface area contributed by atoms with E-state index in [1.807, 2.05) is 4.90 Å². The van der Waals surface area contributed by atoms with Gasteiger partial charge in [0.2, 0.25) is 0 Å². The van der Waals surface area contributed by atoms with Gasteiger partial charge in [-0.3, -0.25) is 9.78 Å². The number of aromatic amines is 1. The lowest BCUT2D eigenvalue weighted by atomic mass is 10.1. The summed E-state index contributed by atoms with van der Waals surface area (Å²) in [4.78, 5) is 23.3. The standard InChI is InChI=1S/C19H20N4O/c24-19(15-5-7-20-8-6-15)23-11-9-22(10-12-23)14-16-13-21-18-4-2-1-3-17(16)18/h1-8,13,21H,9-12,14H2/p+1. The van der Waals surface area contributed by atoms with Crippen LogP contribution in [0, 0.1) is 0 Å². The zero-order valence-electron chi connectivity index (χ0n) is 13.5. The van der Waals surface area contributed by atoms with Crippen LogP contribution in [0.5, 0.6) is 0 Å². The molecule has 0 radical (unpaired) electrons. The summed E-state index contributed by atoms with van der Waals surface area (Å²) in [5.74, 6) is 0.114. The molecule has 5 heteroatoms. The molecular formula is C19H21N4O+. The molecule has 3 aromatic rings. The van der Waals surface area contributed by atoms with Crippen molar-refractivity contribution in [1.82, 2.24) is 14.9 Å². The number of fused-ring (bicyclic) bond motifs is 1. The summed E-state index contributed by atoms with van der Waals surface area (Å²) < 4.78 is 0. The van der Waals surface area contributed by atoms with E-state index in [4.69, 9.17) is 0 Å². The first-order valence-electron chi connectivity index (χ1n) is 8.39. The molecule has 1 aliphatic rings. The van der Waals surface area contributed by atoms with E-state index in [1.165, 1.54) is 21.4 Å². The van der Waals surface area contributed by atoms with Crippen LogP contribution in [0.3, 0.4) is 0 Å². The number of para-hydroxylation sites is 1. The topological polar surface area (TPSA) is 53.4 Å². The molecule has 1 amide bonds. The lowest BCUT2D eigenvalue weighted by Crippen LogP contribution is -3.13. The number of aromatic nitrogens is 2. The van der Waals surface area contributed by atoms with Gasteiger partial charge in [0, 0.05) is 40.6 Å². The highest BCUT2D eigenvalue weighted by Gasteiger charge is 2.25. The number of nitrogens with zero attached hydrogens (tertiary/aromatic N) is 2. The molecule has 0 bridgehead atoms. The van der Waals surface area contributed by atoms with Crippen LogP contribution in [0.1, 0.15) is 15.9 Å². The highest BCUT2D eigenvalue weighted by Crippen LogP contribution is 2.16. The minimum absolute atomic E-state index is 0.114. The van der Waals surface area contributed by atoms with Gasteiger partial charge in [-0.2, -0.15) is 0 Å². The minimum atomic E-state index is 0.114. The van der Waals surface area contributed by atoms with Crippen molar-refractivity contribution in [3.8, 4) is 0 Å². The van der Waals surface area contributed by atoms with Crippen molar-refractivity contribution in [3.05, 3.63) is 66.1 Å². The Morgan fingerprint density at radius 1 is 1.12 bits per heavy atom. The molecule has 122 valence electrons. The molecule has 5 nitrogen and oxygen atoms in total. The van der Waals surface area contributed by atoms with Crippen LogP contribution in [-0.4, -0.2) is 47.0 Å². The molecule has 2 N–H and O–H groups in total. The molecule has 3 heterocycles. The van der Waals surface area contributed by atoms with Gasteiger partial charge in [-0.15, -0.1) is 0 Å². The lowest BCUT2D eigenvalue weighted by molar-refractivity contribution is -0.917. The number of carbonyl (C=O) groups is 1. The van der Waals surface area contributed by atoms with Crippen molar-refractivity contribution in [2.75, 3.05) is 26.2 Å². The Bertz CT molecular complexity index is 835. The van der Waals surface area contributed by atoms with Gasteiger partial charge < -0.3 is 14.8 Å². The number of quaternary nitrogens is 1. The first-order chi connectivity index (χ1) is 11.8. The maximum Gasteiger partial charge on any atom is 0.254 e. The van der Waals surface area contributed by atoms with Crippen molar-refractivity contribution >= 4 is 16.8 Å². The van der Waals surface area contributed by atoms with Crippen LogP contribution in [0.15, 0.2) is 55.0 Å². The number of benzene rings is 1. The molecule has 2 aromatic heterocycles. The van der Waals surface area contributed by atoms with E-state index >= 15 is 0 Å². The first kappa shape index (κ1) is 14.9. The van der Waals surface area contributed by atoms with Gasteiger partial charge in [0.05, 0.1) is 26.2 Å². The number of amides is 1. The third-order valence-corrected chi connectivity index (χ3v) is 4.80. The van der Waals surface area contributed by atoms with E-state index in [0.717, 1.165) is 38.3 Å². The normalized spacial score (nSPS) is 15.8. The van der Waals surface area contributed by atoms with Crippen LogP contribution in [0.2, 0.25) is 0 Å². The smallest absolute Gasteiger partial charge is 0.254 e. The number of hydrogen-bond donors (Lipinski definition) is 2. The van der Waals surface area contributed by atoms with Crippen molar-refractivity contribution in [1.29, 1.82) is 0 Å². The van der Waals surface area contributed by atoms with E-state index in [2.05, 4.69) is 40.4 Å². The molecule has 1 saturated heterocycles. The van der Waals surface area contributed by atoms with Crippen LogP contribution < -0.4 is 4.90 Å². The van der Waals surface area contributed by atoms with Gasteiger partial charge >= 0.3 is 0 Å². The summed E-state index contributed by atoms with van der Waals surface area (Å²) in [6.07, 6.45) is 5.46. The Morgan fingerprint density at radius 3 is 2.67 bits per heavy atom. The maximum absolute atomic E-state index is 12.5. The Balaban J connectivity index is 1.39. The number of rotatable bonds is 3. The molecule has 1 aliphatic heterocycles. The third kappa shape index (κ3) is 2.90. The summed E-state index contributed by atoms with van der Waals surface area (Å²) in [5.41, 5.74) is 3.28. The van der Waals surface area contributed by atoms with Crippen molar-refractivity contribution in [3.63, 3.8) is 0 Å². The molecule has 0 unspecified atom stereocenters. The second kappa shape index (κ2) is 6.45. The molecule has 0 aliphatic carbocycles. The van der Waals surface area contributed by atoms with Crippen molar-refractivity contribution < 1.29 is 9.69 Å². The second-order valence-corrected chi connectivity index (χ2v) is 6.31. The molecule has 4 rings (SSSR count). The highest BCUT2D eigenvalue weighted by atomic mass is 16.2. The van der Waals surface area contributed by atoms with Gasteiger partial charge in [0.1, 0.15) is 6.54 Å². The summed E-state index contributed by atoms with van der Waals surface area (Å²) >= 11 is 0. The quantitative estimate of drug-likeness (QED) is 0.759. The molecule has 0 spiro atoms. The lowest BCUT2D eigenvalue weighted by Gasteiger charge is -2.32. The zero-order valence-corrected chi connectivity index (χ0v) is 13.5. The van der Waals surface area contributed by atoms with Crippen molar-refractivity contribution in [2.45, 2.75) is 6.54 Å². The first-order valence-corrected chi connectivity index (χ1v) is 8.39. The van der Waals surface area contributed by atoms with E-state index in [1.54, 1.807) is 24.5 Å². The maximum atomic E-state index is 12.5. The fourth-order valence-electron chi connectivity index (χ4n) is 3.43. The third-order valence-electron chi connectivity index (χ3n) is 4.80. The average Bonchev–Trinajstić information content (AvgIpc) is 3.06. The number of piperazine rings is 1. The number of nitrogens with one attached hydrogen (secondary N) is 2. The number of carbonyl (C=O) groups excluding carboxylic acids is 1. The Morgan fingerprint density at radius 2 is 1.88 bits per heavy atom. The van der Waals surface area contributed by atoms with E-state index in [0.29, 0.717) is 0 Å². The van der Waals surface area contributed by atoms with E-state index in [-0.39, 0.29) is 5.91 Å². The summed E-state index contributed by atoms with van der Waals surface area (Å²) in [7, 11) is 0. The number of pyridine rings is 1.